The van der Waals surface area contributed by atoms with E-state index in [1.165, 1.54) is 4.90 Å². The van der Waals surface area contributed by atoms with Crippen LogP contribution in [0.15, 0.2) is 0 Å². The minimum atomic E-state index is -0.847. The number of aliphatic carboxylic acids is 1. The molecule has 0 aliphatic rings. The van der Waals surface area contributed by atoms with Gasteiger partial charge in [-0.25, -0.2) is 0 Å². The summed E-state index contributed by atoms with van der Waals surface area (Å²) in [6.07, 6.45) is 2.21. The van der Waals surface area contributed by atoms with Crippen LogP contribution >= 0.6 is 0 Å². The molecule has 2 amide bonds. The van der Waals surface area contributed by atoms with Crippen molar-refractivity contribution in [2.75, 3.05) is 27.2 Å². The number of hydrogen-bond acceptors (Lipinski definition) is 3. The smallest absolute Gasteiger partial charge is 0.303 e. The molecule has 0 saturated heterocycles. The van der Waals surface area contributed by atoms with Crippen LogP contribution in [-0.2, 0) is 14.4 Å². The van der Waals surface area contributed by atoms with E-state index in [9.17, 15) is 14.4 Å². The minimum Gasteiger partial charge on any atom is -0.481 e. The van der Waals surface area contributed by atoms with Crippen molar-refractivity contribution in [3.05, 3.63) is 0 Å². The maximum atomic E-state index is 11.9. The van der Waals surface area contributed by atoms with Crippen molar-refractivity contribution in [1.82, 2.24) is 9.80 Å². The molecule has 0 rings (SSSR count). The molecule has 0 bridgehead atoms. The first-order chi connectivity index (χ1) is 8.88. The van der Waals surface area contributed by atoms with Crippen LogP contribution in [0.2, 0.25) is 0 Å². The van der Waals surface area contributed by atoms with Crippen LogP contribution in [0.4, 0.5) is 0 Å². The van der Waals surface area contributed by atoms with Gasteiger partial charge < -0.3 is 14.9 Å². The second-order valence-corrected chi connectivity index (χ2v) is 4.70. The molecule has 0 aromatic carbocycles. The van der Waals surface area contributed by atoms with E-state index in [1.807, 2.05) is 6.92 Å². The molecule has 1 N–H and O–H groups in total. The summed E-state index contributed by atoms with van der Waals surface area (Å²) in [6.45, 7) is 2.60. The van der Waals surface area contributed by atoms with E-state index in [1.54, 1.807) is 19.0 Å². The van der Waals surface area contributed by atoms with E-state index in [0.717, 1.165) is 6.42 Å². The molecule has 0 spiro atoms. The van der Waals surface area contributed by atoms with Crippen LogP contribution in [0.3, 0.4) is 0 Å². The molecule has 0 aliphatic heterocycles. The first-order valence-corrected chi connectivity index (χ1v) is 6.58. The minimum absolute atomic E-state index is 0.0810. The number of carboxylic acid groups (broad SMARTS) is 1. The van der Waals surface area contributed by atoms with Crippen molar-refractivity contribution in [3.63, 3.8) is 0 Å². The summed E-state index contributed by atoms with van der Waals surface area (Å²) in [4.78, 5) is 36.9. The summed E-state index contributed by atoms with van der Waals surface area (Å²) in [5.41, 5.74) is 0. The van der Waals surface area contributed by atoms with Crippen molar-refractivity contribution < 1.29 is 19.5 Å². The third-order valence-electron chi connectivity index (χ3n) is 2.70. The Morgan fingerprint density at radius 2 is 1.58 bits per heavy atom. The van der Waals surface area contributed by atoms with Crippen molar-refractivity contribution in [2.24, 2.45) is 0 Å². The summed E-state index contributed by atoms with van der Waals surface area (Å²) in [5, 5.41) is 8.51. The lowest BCUT2D eigenvalue weighted by Crippen LogP contribution is -2.40. The number of rotatable bonds is 9. The molecule has 0 unspecified atom stereocenters. The second-order valence-electron chi connectivity index (χ2n) is 4.70. The average molecular weight is 272 g/mol. The largest absolute Gasteiger partial charge is 0.481 e. The number of carboxylic acids is 1. The summed E-state index contributed by atoms with van der Waals surface area (Å²) < 4.78 is 0. The van der Waals surface area contributed by atoms with Crippen LogP contribution in [0.1, 0.15) is 39.0 Å². The van der Waals surface area contributed by atoms with Gasteiger partial charge in [0.25, 0.3) is 0 Å². The van der Waals surface area contributed by atoms with Crippen molar-refractivity contribution in [3.8, 4) is 0 Å². The quantitative estimate of drug-likeness (QED) is 0.634. The zero-order valence-electron chi connectivity index (χ0n) is 12.0. The van der Waals surface area contributed by atoms with Gasteiger partial charge in [0.1, 0.15) is 0 Å². The molecule has 0 aliphatic carbocycles. The van der Waals surface area contributed by atoms with Crippen LogP contribution in [0.25, 0.3) is 0 Å². The van der Waals surface area contributed by atoms with Gasteiger partial charge in [-0.3, -0.25) is 14.4 Å². The Balaban J connectivity index is 4.17. The monoisotopic (exact) mass is 272 g/mol. The maximum Gasteiger partial charge on any atom is 0.303 e. The van der Waals surface area contributed by atoms with Crippen LogP contribution in [0.5, 0.6) is 0 Å². The summed E-state index contributed by atoms with van der Waals surface area (Å²) in [5.74, 6) is -1.03. The number of carbonyl (C=O) groups excluding carboxylic acids is 2. The van der Waals surface area contributed by atoms with Gasteiger partial charge >= 0.3 is 5.97 Å². The summed E-state index contributed by atoms with van der Waals surface area (Å²) >= 11 is 0. The molecule has 110 valence electrons. The number of amides is 2. The van der Waals surface area contributed by atoms with E-state index in [-0.39, 0.29) is 24.8 Å². The van der Waals surface area contributed by atoms with Gasteiger partial charge in [0.05, 0.1) is 6.54 Å². The predicted octanol–water partition coefficient (Wildman–Crippen LogP) is 0.958. The lowest BCUT2D eigenvalue weighted by atomic mass is 10.1. The fourth-order valence-electron chi connectivity index (χ4n) is 1.58. The molecule has 6 nitrogen and oxygen atoms in total. The van der Waals surface area contributed by atoms with E-state index in [4.69, 9.17) is 5.11 Å². The van der Waals surface area contributed by atoms with Crippen molar-refractivity contribution in [1.29, 1.82) is 0 Å². The molecule has 0 heterocycles. The van der Waals surface area contributed by atoms with E-state index in [2.05, 4.69) is 0 Å². The molecular formula is C13H24N2O4. The number of unbranched alkanes of at least 4 members (excludes halogenated alkanes) is 1. The highest BCUT2D eigenvalue weighted by atomic mass is 16.4. The molecule has 0 aromatic heterocycles. The Labute approximate surface area is 114 Å². The van der Waals surface area contributed by atoms with E-state index >= 15 is 0 Å². The Morgan fingerprint density at radius 3 is 2.05 bits per heavy atom. The second kappa shape index (κ2) is 9.35. The lowest BCUT2D eigenvalue weighted by Gasteiger charge is -2.23. The number of hydrogen-bond donors (Lipinski definition) is 1. The molecule has 19 heavy (non-hydrogen) atoms. The van der Waals surface area contributed by atoms with Crippen molar-refractivity contribution in [2.45, 2.75) is 39.0 Å². The fraction of sp³-hybridized carbons (Fsp3) is 0.769. The highest BCUT2D eigenvalue weighted by Crippen LogP contribution is 2.05. The number of carbonyl (C=O) groups is 3. The van der Waals surface area contributed by atoms with E-state index in [0.29, 0.717) is 25.8 Å². The van der Waals surface area contributed by atoms with Gasteiger partial charge in [0.2, 0.25) is 11.8 Å². The standard InChI is InChI=1S/C13H24N2O4/c1-4-9-15(10-12(17)14(2)3)11(16)7-5-6-8-13(18)19/h4-10H2,1-3H3,(H,18,19). The molecule has 0 saturated carbocycles. The first-order valence-electron chi connectivity index (χ1n) is 6.58. The molecule has 0 atom stereocenters. The highest BCUT2D eigenvalue weighted by Gasteiger charge is 2.17. The zero-order chi connectivity index (χ0) is 14.8. The van der Waals surface area contributed by atoms with Gasteiger partial charge in [0, 0.05) is 33.5 Å². The third-order valence-corrected chi connectivity index (χ3v) is 2.70. The first kappa shape index (κ1) is 17.4. The van der Waals surface area contributed by atoms with Crippen molar-refractivity contribution >= 4 is 17.8 Å². The third kappa shape index (κ3) is 8.18. The zero-order valence-corrected chi connectivity index (χ0v) is 12.0. The average Bonchev–Trinajstić information content (AvgIpc) is 2.33. The van der Waals surface area contributed by atoms with Gasteiger partial charge in [-0.2, -0.15) is 0 Å². The lowest BCUT2D eigenvalue weighted by molar-refractivity contribution is -0.139. The molecule has 0 fully saturated rings. The molecule has 0 aromatic rings. The summed E-state index contributed by atoms with van der Waals surface area (Å²) in [6, 6.07) is 0. The number of nitrogens with zero attached hydrogens (tertiary/aromatic N) is 2. The van der Waals surface area contributed by atoms with Crippen LogP contribution in [-0.4, -0.2) is 59.9 Å². The maximum absolute atomic E-state index is 11.9. The molecule has 6 heteroatoms. The fourth-order valence-corrected chi connectivity index (χ4v) is 1.58. The van der Waals surface area contributed by atoms with Gasteiger partial charge in [0.15, 0.2) is 0 Å². The Bertz CT molecular complexity index is 316. The summed E-state index contributed by atoms with van der Waals surface area (Å²) in [7, 11) is 3.31. The molecular weight excluding hydrogens is 248 g/mol. The Hall–Kier alpha value is -1.59. The van der Waals surface area contributed by atoms with Crippen LogP contribution < -0.4 is 0 Å². The normalized spacial score (nSPS) is 10.1. The van der Waals surface area contributed by atoms with E-state index < -0.39 is 5.97 Å². The Kier molecular flexibility index (Phi) is 8.57. The highest BCUT2D eigenvalue weighted by molar-refractivity contribution is 5.84. The van der Waals surface area contributed by atoms with Gasteiger partial charge in [-0.05, 0) is 19.3 Å². The topological polar surface area (TPSA) is 77.9 Å². The Morgan fingerprint density at radius 1 is 1.00 bits per heavy atom. The molecule has 0 radical (unpaired) electrons. The predicted molar refractivity (Wildman–Crippen MR) is 71.7 cm³/mol. The van der Waals surface area contributed by atoms with Gasteiger partial charge in [-0.1, -0.05) is 6.92 Å². The SMILES string of the molecule is CCCN(CC(=O)N(C)C)C(=O)CCCCC(=O)O. The van der Waals surface area contributed by atoms with Gasteiger partial charge in [-0.15, -0.1) is 0 Å². The number of likely N-dealkylation sites (N-methyl/N-ethyl adjacent to an activating group) is 1. The van der Waals surface area contributed by atoms with Crippen LogP contribution in [0, 0.1) is 0 Å².